The molecule has 0 aromatic rings. The highest BCUT2D eigenvalue weighted by Crippen LogP contribution is 2.08. The monoisotopic (exact) mass is 159 g/mol. The van der Waals surface area contributed by atoms with Crippen LogP contribution in [0.2, 0.25) is 0 Å². The normalized spacial score (nSPS) is 13.6. The molecule has 0 heterocycles. The van der Waals surface area contributed by atoms with Crippen molar-refractivity contribution in [1.29, 1.82) is 0 Å². The van der Waals surface area contributed by atoms with Crippen LogP contribution < -0.4 is 5.73 Å². The minimum Gasteiger partial charge on any atom is -0.388 e. The zero-order valence-corrected chi connectivity index (χ0v) is 5.69. The summed E-state index contributed by atoms with van der Waals surface area (Å²) in [5, 5.41) is 0.361. The molecule has 0 aromatic heterocycles. The first-order valence-electron chi connectivity index (χ1n) is 1.54. The fourth-order valence-electron chi connectivity index (χ4n) is 0.0638. The van der Waals surface area contributed by atoms with Crippen LogP contribution in [0.25, 0.3) is 0 Å². The summed E-state index contributed by atoms with van der Waals surface area (Å²) in [4.78, 5) is 0. The Labute approximate surface area is 57.0 Å². The number of nitrogens with two attached hydrogens (primary N) is 1. The quantitative estimate of drug-likeness (QED) is 0.460. The predicted octanol–water partition coefficient (Wildman–Crippen LogP) is 1.83. The van der Waals surface area contributed by atoms with Gasteiger partial charge >= 0.3 is 0 Å². The van der Waals surface area contributed by atoms with Gasteiger partial charge in [-0.2, -0.15) is 0 Å². The van der Waals surface area contributed by atoms with E-state index in [1.54, 1.807) is 0 Å². The second-order valence-electron chi connectivity index (χ2n) is 0.886. The van der Waals surface area contributed by atoms with Crippen LogP contribution >= 0.6 is 34.8 Å². The summed E-state index contributed by atoms with van der Waals surface area (Å²) in [5.74, 6) is 0.177. The second kappa shape index (κ2) is 3.42. The molecule has 42 valence electrons. The first-order valence-corrected chi connectivity index (χ1v) is 2.83. The van der Waals surface area contributed by atoms with Gasteiger partial charge in [0.25, 0.3) is 0 Å². The molecule has 0 aliphatic rings. The van der Waals surface area contributed by atoms with E-state index in [-0.39, 0.29) is 11.0 Å². The number of hydrogen-bond acceptors (Lipinski definition) is 1. The minimum absolute atomic E-state index is 0.0664. The molecule has 0 radical (unpaired) electrons. The predicted molar refractivity (Wildman–Crippen MR) is 33.6 cm³/mol. The summed E-state index contributed by atoms with van der Waals surface area (Å²) in [6.45, 7) is 0. The lowest BCUT2D eigenvalue weighted by Crippen LogP contribution is -1.90. The Hall–Kier alpha value is 0.410. The van der Waals surface area contributed by atoms with Crippen molar-refractivity contribution in [1.82, 2.24) is 0 Å². The van der Waals surface area contributed by atoms with Gasteiger partial charge in [0.1, 0.15) is 5.16 Å². The Morgan fingerprint density at radius 2 is 1.86 bits per heavy atom. The molecular formula is C3H4Cl3N. The lowest BCUT2D eigenvalue weighted by molar-refractivity contribution is 1.46. The maximum atomic E-state index is 5.29. The average molecular weight is 160 g/mol. The van der Waals surface area contributed by atoms with Crippen molar-refractivity contribution in [2.45, 2.75) is 0 Å². The van der Waals surface area contributed by atoms with Gasteiger partial charge in [-0.15, -0.1) is 11.6 Å². The van der Waals surface area contributed by atoms with E-state index in [1.807, 2.05) is 0 Å². The van der Waals surface area contributed by atoms with E-state index in [9.17, 15) is 0 Å². The van der Waals surface area contributed by atoms with E-state index in [4.69, 9.17) is 40.5 Å². The third-order valence-electron chi connectivity index (χ3n) is 0.376. The molecule has 0 fully saturated rings. The zero-order chi connectivity index (χ0) is 5.86. The zero-order valence-electron chi connectivity index (χ0n) is 3.42. The van der Waals surface area contributed by atoms with Gasteiger partial charge < -0.3 is 5.73 Å². The molecule has 2 N–H and O–H groups in total. The van der Waals surface area contributed by atoms with Crippen molar-refractivity contribution in [3.05, 3.63) is 10.2 Å². The molecule has 0 rings (SSSR count). The van der Waals surface area contributed by atoms with Gasteiger partial charge in [-0.05, 0) is 0 Å². The van der Waals surface area contributed by atoms with Gasteiger partial charge in [-0.3, -0.25) is 0 Å². The molecule has 0 aliphatic carbocycles. The Morgan fingerprint density at radius 3 is 1.86 bits per heavy atom. The third kappa shape index (κ3) is 3.03. The van der Waals surface area contributed by atoms with E-state index in [2.05, 4.69) is 0 Å². The Kier molecular flexibility index (Phi) is 3.62. The van der Waals surface area contributed by atoms with Crippen LogP contribution in [0.1, 0.15) is 0 Å². The fraction of sp³-hybridized carbons (Fsp3) is 0.333. The van der Waals surface area contributed by atoms with Crippen LogP contribution in [-0.2, 0) is 0 Å². The molecule has 0 aromatic carbocycles. The van der Waals surface area contributed by atoms with Crippen molar-refractivity contribution in [2.75, 3.05) is 5.88 Å². The highest BCUT2D eigenvalue weighted by atomic mass is 35.5. The molecule has 7 heavy (non-hydrogen) atoms. The van der Waals surface area contributed by atoms with E-state index in [1.165, 1.54) is 0 Å². The van der Waals surface area contributed by atoms with Gasteiger partial charge in [0.15, 0.2) is 0 Å². The van der Waals surface area contributed by atoms with Gasteiger partial charge in [0, 0.05) is 0 Å². The van der Waals surface area contributed by atoms with E-state index in [0.29, 0.717) is 5.03 Å². The Balaban J connectivity index is 3.72. The fourth-order valence-corrected chi connectivity index (χ4v) is 0.343. The highest BCUT2D eigenvalue weighted by molar-refractivity contribution is 6.42. The topological polar surface area (TPSA) is 26.0 Å². The maximum absolute atomic E-state index is 5.29. The van der Waals surface area contributed by atoms with Gasteiger partial charge in [-0.25, -0.2) is 0 Å². The first-order chi connectivity index (χ1) is 3.18. The number of allylic oxidation sites excluding steroid dienone is 1. The molecule has 0 aliphatic heterocycles. The molecule has 0 amide bonds. The van der Waals surface area contributed by atoms with Crippen LogP contribution in [0, 0.1) is 0 Å². The average Bonchev–Trinajstić information content (AvgIpc) is 1.65. The molecule has 0 saturated heterocycles. The molecule has 4 heteroatoms. The lowest BCUT2D eigenvalue weighted by Gasteiger charge is -1.87. The summed E-state index contributed by atoms with van der Waals surface area (Å²) in [7, 11) is 0. The van der Waals surface area contributed by atoms with Crippen LogP contribution in [0.5, 0.6) is 0 Å². The van der Waals surface area contributed by atoms with E-state index in [0.717, 1.165) is 0 Å². The molecule has 0 unspecified atom stereocenters. The summed E-state index contributed by atoms with van der Waals surface area (Å²) < 4.78 is 0. The highest BCUT2D eigenvalue weighted by Gasteiger charge is 1.91. The number of rotatable bonds is 1. The van der Waals surface area contributed by atoms with Crippen LogP contribution in [0.15, 0.2) is 10.2 Å². The third-order valence-corrected chi connectivity index (χ3v) is 1.44. The number of alkyl halides is 1. The van der Waals surface area contributed by atoms with Crippen molar-refractivity contribution >= 4 is 34.8 Å². The molecule has 0 atom stereocenters. The molecule has 0 spiro atoms. The Bertz CT molecular complexity index is 84.2. The standard InChI is InChI=1S/C3H4Cl3N/c4-1-2(5)3(6)7/h1,7H2. The molecule has 0 bridgehead atoms. The Morgan fingerprint density at radius 1 is 1.43 bits per heavy atom. The lowest BCUT2D eigenvalue weighted by atomic mass is 10.7. The molecule has 1 nitrogen and oxygen atoms in total. The van der Waals surface area contributed by atoms with Gasteiger partial charge in [0.2, 0.25) is 0 Å². The first kappa shape index (κ1) is 7.41. The van der Waals surface area contributed by atoms with Crippen molar-refractivity contribution < 1.29 is 0 Å². The summed E-state index contributed by atoms with van der Waals surface area (Å²) in [6, 6.07) is 0. The second-order valence-corrected chi connectivity index (χ2v) is 2.02. The number of hydrogen-bond donors (Lipinski definition) is 1. The van der Waals surface area contributed by atoms with E-state index >= 15 is 0 Å². The van der Waals surface area contributed by atoms with E-state index < -0.39 is 0 Å². The largest absolute Gasteiger partial charge is 0.388 e. The smallest absolute Gasteiger partial charge is 0.115 e. The van der Waals surface area contributed by atoms with Crippen molar-refractivity contribution in [3.63, 3.8) is 0 Å². The van der Waals surface area contributed by atoms with Crippen LogP contribution in [0.3, 0.4) is 0 Å². The summed E-state index contributed by atoms with van der Waals surface area (Å²) >= 11 is 15.7. The molecule has 0 saturated carbocycles. The minimum atomic E-state index is 0.0664. The van der Waals surface area contributed by atoms with Crippen LogP contribution in [-0.4, -0.2) is 5.88 Å². The molecular weight excluding hydrogens is 156 g/mol. The van der Waals surface area contributed by atoms with Crippen molar-refractivity contribution in [3.8, 4) is 0 Å². The summed E-state index contributed by atoms with van der Waals surface area (Å²) in [6.07, 6.45) is 0. The van der Waals surface area contributed by atoms with Crippen LogP contribution in [0.4, 0.5) is 0 Å². The van der Waals surface area contributed by atoms with Crippen molar-refractivity contribution in [2.24, 2.45) is 5.73 Å². The van der Waals surface area contributed by atoms with Gasteiger partial charge in [0.05, 0.1) is 10.9 Å². The number of halogens is 3. The summed E-state index contributed by atoms with van der Waals surface area (Å²) in [5.41, 5.74) is 4.98. The maximum Gasteiger partial charge on any atom is 0.115 e. The SMILES string of the molecule is NC(Cl)=C(Cl)CCl. The van der Waals surface area contributed by atoms with Gasteiger partial charge in [-0.1, -0.05) is 23.2 Å².